The average molecular weight is 262 g/mol. The number of unbranched alkanes of at least 4 members (excludes halogenated alkanes) is 4. The fraction of sp³-hybridized carbons (Fsp3) is 0.833. The van der Waals surface area contributed by atoms with Gasteiger partial charge in [0.15, 0.2) is 0 Å². The zero-order valence-electron chi connectivity index (χ0n) is 10.7. The summed E-state index contributed by atoms with van der Waals surface area (Å²) in [5.74, 6) is 1.15. The Kier molecular flexibility index (Phi) is 11.3. The van der Waals surface area contributed by atoms with E-state index in [4.69, 9.17) is 0 Å². The van der Waals surface area contributed by atoms with E-state index in [0.717, 1.165) is 37.9 Å². The third-order valence-electron chi connectivity index (χ3n) is 2.34. The monoisotopic (exact) mass is 262 g/mol. The molecule has 0 N–H and O–H groups in total. The summed E-state index contributed by atoms with van der Waals surface area (Å²) in [6.07, 6.45) is 5.89. The zero-order valence-corrected chi connectivity index (χ0v) is 11.5. The van der Waals surface area contributed by atoms with Crippen molar-refractivity contribution >= 4 is 23.7 Å². The lowest BCUT2D eigenvalue weighted by atomic mass is 10.1. The van der Waals surface area contributed by atoms with Crippen molar-refractivity contribution in [2.75, 3.05) is 25.7 Å². The number of methoxy groups -OCH3 is 2. The fourth-order valence-corrected chi connectivity index (χ4v) is 2.16. The van der Waals surface area contributed by atoms with Gasteiger partial charge in [0.05, 0.1) is 20.0 Å². The van der Waals surface area contributed by atoms with E-state index in [1.807, 2.05) is 0 Å². The smallest absolute Gasteiger partial charge is 0.315 e. The number of esters is 2. The first-order valence-corrected chi connectivity index (χ1v) is 7.07. The first kappa shape index (κ1) is 16.3. The van der Waals surface area contributed by atoms with Crippen LogP contribution in [0, 0.1) is 0 Å². The van der Waals surface area contributed by atoms with E-state index in [2.05, 4.69) is 9.47 Å². The molecule has 17 heavy (non-hydrogen) atoms. The first-order chi connectivity index (χ1) is 8.20. The lowest BCUT2D eigenvalue weighted by Crippen LogP contribution is -2.03. The summed E-state index contributed by atoms with van der Waals surface area (Å²) >= 11 is 1.61. The highest BCUT2D eigenvalue weighted by Crippen LogP contribution is 2.10. The maximum Gasteiger partial charge on any atom is 0.315 e. The highest BCUT2D eigenvalue weighted by atomic mass is 32.2. The number of carbonyl (C=O) groups is 2. The number of rotatable bonds is 10. The van der Waals surface area contributed by atoms with Crippen LogP contribution in [0.2, 0.25) is 0 Å². The van der Waals surface area contributed by atoms with E-state index in [-0.39, 0.29) is 11.9 Å². The molecule has 0 rings (SSSR count). The lowest BCUT2D eigenvalue weighted by Gasteiger charge is -2.02. The summed E-state index contributed by atoms with van der Waals surface area (Å²) in [6.45, 7) is 0. The molecule has 4 nitrogen and oxygen atoms in total. The molecule has 100 valence electrons. The van der Waals surface area contributed by atoms with E-state index in [1.54, 1.807) is 11.8 Å². The second-order valence-electron chi connectivity index (χ2n) is 3.72. The molecule has 0 saturated heterocycles. The molecule has 0 atom stereocenters. The fourth-order valence-electron chi connectivity index (χ4n) is 1.32. The van der Waals surface area contributed by atoms with Gasteiger partial charge in [0.1, 0.15) is 0 Å². The third kappa shape index (κ3) is 11.6. The number of hydrogen-bond donors (Lipinski definition) is 0. The molecule has 5 heteroatoms. The van der Waals surface area contributed by atoms with Crippen molar-refractivity contribution < 1.29 is 19.1 Å². The van der Waals surface area contributed by atoms with Gasteiger partial charge in [-0.25, -0.2) is 0 Å². The van der Waals surface area contributed by atoms with Crippen LogP contribution in [-0.4, -0.2) is 37.7 Å². The Morgan fingerprint density at radius 1 is 0.882 bits per heavy atom. The quantitative estimate of drug-likeness (QED) is 0.447. The van der Waals surface area contributed by atoms with Crippen molar-refractivity contribution in [1.82, 2.24) is 0 Å². The SMILES string of the molecule is COC(=O)CCCCCCCSCC(=O)OC. The average Bonchev–Trinajstić information content (AvgIpc) is 2.35. The van der Waals surface area contributed by atoms with Gasteiger partial charge < -0.3 is 9.47 Å². The Labute approximate surface area is 107 Å². The Balaban J connectivity index is 3.08. The molecule has 0 fully saturated rings. The van der Waals surface area contributed by atoms with Crippen LogP contribution < -0.4 is 0 Å². The van der Waals surface area contributed by atoms with E-state index in [9.17, 15) is 9.59 Å². The van der Waals surface area contributed by atoms with E-state index < -0.39 is 0 Å². The van der Waals surface area contributed by atoms with Gasteiger partial charge in [-0.15, -0.1) is 0 Å². The van der Waals surface area contributed by atoms with Gasteiger partial charge in [-0.1, -0.05) is 19.3 Å². The molecule has 0 amide bonds. The zero-order chi connectivity index (χ0) is 12.9. The Morgan fingerprint density at radius 2 is 1.47 bits per heavy atom. The maximum absolute atomic E-state index is 10.8. The van der Waals surface area contributed by atoms with Gasteiger partial charge in [0.2, 0.25) is 0 Å². The van der Waals surface area contributed by atoms with Crippen LogP contribution in [0.15, 0.2) is 0 Å². The van der Waals surface area contributed by atoms with E-state index in [0.29, 0.717) is 12.2 Å². The van der Waals surface area contributed by atoms with Crippen molar-refractivity contribution in [1.29, 1.82) is 0 Å². The Bertz CT molecular complexity index is 197. The topological polar surface area (TPSA) is 52.6 Å². The minimum Gasteiger partial charge on any atom is -0.469 e. The van der Waals surface area contributed by atoms with Crippen molar-refractivity contribution in [3.8, 4) is 0 Å². The second-order valence-corrected chi connectivity index (χ2v) is 4.83. The molecular weight excluding hydrogens is 240 g/mol. The van der Waals surface area contributed by atoms with Gasteiger partial charge >= 0.3 is 11.9 Å². The number of ether oxygens (including phenoxy) is 2. The highest BCUT2D eigenvalue weighted by molar-refractivity contribution is 7.99. The predicted molar refractivity (Wildman–Crippen MR) is 69.1 cm³/mol. The summed E-state index contributed by atoms with van der Waals surface area (Å²) < 4.78 is 9.10. The van der Waals surface area contributed by atoms with Crippen LogP contribution in [-0.2, 0) is 19.1 Å². The molecule has 0 aromatic carbocycles. The van der Waals surface area contributed by atoms with Gasteiger partial charge in [0, 0.05) is 6.42 Å². The third-order valence-corrected chi connectivity index (χ3v) is 3.36. The number of thioether (sulfide) groups is 1. The Morgan fingerprint density at radius 3 is 2.12 bits per heavy atom. The number of carbonyl (C=O) groups excluding carboxylic acids is 2. The van der Waals surface area contributed by atoms with Crippen molar-refractivity contribution in [2.45, 2.75) is 38.5 Å². The van der Waals surface area contributed by atoms with Gasteiger partial charge in [-0.3, -0.25) is 9.59 Å². The normalized spacial score (nSPS) is 10.0. The van der Waals surface area contributed by atoms with Crippen molar-refractivity contribution in [3.05, 3.63) is 0 Å². The van der Waals surface area contributed by atoms with Crippen molar-refractivity contribution in [3.63, 3.8) is 0 Å². The van der Waals surface area contributed by atoms with Gasteiger partial charge in [0.25, 0.3) is 0 Å². The summed E-state index contributed by atoms with van der Waals surface area (Å²) in [6, 6.07) is 0. The summed E-state index contributed by atoms with van der Waals surface area (Å²) in [4.78, 5) is 21.6. The van der Waals surface area contributed by atoms with Crippen LogP contribution in [0.1, 0.15) is 38.5 Å². The minimum absolute atomic E-state index is 0.126. The van der Waals surface area contributed by atoms with Crippen LogP contribution >= 0.6 is 11.8 Å². The molecule has 0 aliphatic heterocycles. The van der Waals surface area contributed by atoms with Crippen LogP contribution in [0.4, 0.5) is 0 Å². The molecule has 0 unspecified atom stereocenters. The number of hydrogen-bond acceptors (Lipinski definition) is 5. The molecular formula is C12H22O4S. The van der Waals surface area contributed by atoms with Gasteiger partial charge in [-0.2, -0.15) is 11.8 Å². The molecule has 0 spiro atoms. The van der Waals surface area contributed by atoms with Crippen molar-refractivity contribution in [2.24, 2.45) is 0 Å². The van der Waals surface area contributed by atoms with E-state index in [1.165, 1.54) is 14.2 Å². The molecule has 0 aromatic rings. The molecule has 0 aliphatic carbocycles. The summed E-state index contributed by atoms with van der Waals surface area (Å²) in [7, 11) is 2.82. The van der Waals surface area contributed by atoms with Gasteiger partial charge in [-0.05, 0) is 18.6 Å². The molecule has 0 saturated carbocycles. The van der Waals surface area contributed by atoms with Crippen LogP contribution in [0.5, 0.6) is 0 Å². The molecule has 0 radical (unpaired) electrons. The predicted octanol–water partition coefficient (Wildman–Crippen LogP) is 2.41. The lowest BCUT2D eigenvalue weighted by molar-refractivity contribution is -0.140. The highest BCUT2D eigenvalue weighted by Gasteiger charge is 2.00. The molecule has 0 heterocycles. The second kappa shape index (κ2) is 11.8. The van der Waals surface area contributed by atoms with Crippen LogP contribution in [0.25, 0.3) is 0 Å². The minimum atomic E-state index is -0.159. The summed E-state index contributed by atoms with van der Waals surface area (Å²) in [5, 5.41) is 0. The largest absolute Gasteiger partial charge is 0.469 e. The molecule has 0 bridgehead atoms. The Hall–Kier alpha value is -0.710. The standard InChI is InChI=1S/C12H22O4S/c1-15-11(13)8-6-4-3-5-7-9-17-10-12(14)16-2/h3-10H2,1-2H3. The molecule has 0 aliphatic rings. The van der Waals surface area contributed by atoms with E-state index >= 15 is 0 Å². The first-order valence-electron chi connectivity index (χ1n) is 5.92. The van der Waals surface area contributed by atoms with Crippen LogP contribution in [0.3, 0.4) is 0 Å². The molecule has 0 aromatic heterocycles. The summed E-state index contributed by atoms with van der Waals surface area (Å²) in [5.41, 5.74) is 0. The maximum atomic E-state index is 10.8.